The number of amides is 3. The van der Waals surface area contributed by atoms with Gasteiger partial charge in [0.2, 0.25) is 0 Å². The molecule has 1 aliphatic rings. The van der Waals surface area contributed by atoms with Crippen molar-refractivity contribution >= 4 is 17.9 Å². The second-order valence-corrected chi connectivity index (χ2v) is 4.78. The van der Waals surface area contributed by atoms with E-state index >= 15 is 0 Å². The third-order valence-corrected chi connectivity index (χ3v) is 2.08. The molecule has 0 aliphatic carbocycles. The Balaban J connectivity index is 2.55. The number of piperidine rings is 1. The minimum atomic E-state index is -0.924. The molecule has 1 rings (SSSR count). The molecular weight excluding hydrogens is 228 g/mol. The van der Waals surface area contributed by atoms with E-state index in [0.29, 0.717) is 0 Å². The number of rotatable bonds is 1. The fraction of sp³-hybridized carbons (Fsp3) is 0.700. The van der Waals surface area contributed by atoms with Crippen molar-refractivity contribution in [1.29, 1.82) is 0 Å². The van der Waals surface area contributed by atoms with Gasteiger partial charge in [0.05, 0.1) is 0 Å². The number of nitrogens with zero attached hydrogens (tertiary/aromatic N) is 1. The maximum atomic E-state index is 11.4. The third kappa shape index (κ3) is 3.70. The first-order chi connectivity index (χ1) is 7.70. The molecule has 7 nitrogen and oxygen atoms in total. The van der Waals surface area contributed by atoms with Gasteiger partial charge in [-0.15, -0.1) is 0 Å². The Morgan fingerprint density at radius 2 is 2.06 bits per heavy atom. The number of imide groups is 1. The maximum Gasteiger partial charge on any atom is 0.408 e. The number of carbonyl (C=O) groups is 3. The van der Waals surface area contributed by atoms with Gasteiger partial charge in [0.25, 0.3) is 11.8 Å². The zero-order valence-corrected chi connectivity index (χ0v) is 10.0. The van der Waals surface area contributed by atoms with E-state index in [2.05, 4.69) is 5.32 Å². The SMILES string of the molecule is CC(C)(C)OC(=O)N[C@H]1CCC(=O)N(O)C1=O. The van der Waals surface area contributed by atoms with Gasteiger partial charge in [-0.2, -0.15) is 5.06 Å². The van der Waals surface area contributed by atoms with Crippen LogP contribution in [0.5, 0.6) is 0 Å². The van der Waals surface area contributed by atoms with Crippen LogP contribution in [-0.4, -0.2) is 39.8 Å². The highest BCUT2D eigenvalue weighted by Gasteiger charge is 2.35. The molecule has 1 aliphatic heterocycles. The number of hydrogen-bond acceptors (Lipinski definition) is 5. The first-order valence-electron chi connectivity index (χ1n) is 5.26. The van der Waals surface area contributed by atoms with Gasteiger partial charge < -0.3 is 10.1 Å². The highest BCUT2D eigenvalue weighted by Crippen LogP contribution is 2.12. The van der Waals surface area contributed by atoms with Gasteiger partial charge >= 0.3 is 6.09 Å². The lowest BCUT2D eigenvalue weighted by Gasteiger charge is -2.27. The second kappa shape index (κ2) is 4.70. The minimum Gasteiger partial charge on any atom is -0.444 e. The Morgan fingerprint density at radius 1 is 1.47 bits per heavy atom. The number of alkyl carbamates (subject to hydrolysis) is 1. The summed E-state index contributed by atoms with van der Waals surface area (Å²) in [4.78, 5) is 33.8. The molecule has 0 aromatic carbocycles. The Kier molecular flexibility index (Phi) is 3.72. The lowest BCUT2D eigenvalue weighted by molar-refractivity contribution is -0.184. The lowest BCUT2D eigenvalue weighted by atomic mass is 10.1. The zero-order valence-electron chi connectivity index (χ0n) is 10.0. The van der Waals surface area contributed by atoms with Gasteiger partial charge in [0.1, 0.15) is 11.6 Å². The van der Waals surface area contributed by atoms with Crippen LogP contribution < -0.4 is 5.32 Å². The highest BCUT2D eigenvalue weighted by atomic mass is 16.6. The zero-order chi connectivity index (χ0) is 13.2. The van der Waals surface area contributed by atoms with Crippen LogP contribution in [0.2, 0.25) is 0 Å². The van der Waals surface area contributed by atoms with E-state index in [1.807, 2.05) is 0 Å². The fourth-order valence-corrected chi connectivity index (χ4v) is 1.35. The maximum absolute atomic E-state index is 11.4. The van der Waals surface area contributed by atoms with Crippen molar-refractivity contribution in [3.05, 3.63) is 0 Å². The van der Waals surface area contributed by atoms with Gasteiger partial charge in [-0.1, -0.05) is 0 Å². The molecule has 96 valence electrons. The van der Waals surface area contributed by atoms with Gasteiger partial charge in [0.15, 0.2) is 0 Å². The molecule has 0 radical (unpaired) electrons. The largest absolute Gasteiger partial charge is 0.444 e. The van der Waals surface area contributed by atoms with E-state index in [9.17, 15) is 14.4 Å². The summed E-state index contributed by atoms with van der Waals surface area (Å²) in [5.41, 5.74) is -0.670. The van der Waals surface area contributed by atoms with Crippen LogP contribution in [0, 0.1) is 0 Å². The molecule has 0 unspecified atom stereocenters. The molecule has 0 bridgehead atoms. The molecule has 1 heterocycles. The molecule has 1 saturated heterocycles. The summed E-state index contributed by atoms with van der Waals surface area (Å²) in [6.45, 7) is 5.07. The molecule has 0 saturated carbocycles. The molecule has 1 atom stereocenters. The standard InChI is InChI=1S/C10H16N2O5/c1-10(2,3)17-9(15)11-6-4-5-7(13)12(16)8(6)14/h6,16H,4-5H2,1-3H3,(H,11,15)/t6-/m0/s1. The number of hydrogen-bond donors (Lipinski definition) is 2. The summed E-state index contributed by atoms with van der Waals surface area (Å²) >= 11 is 0. The van der Waals surface area contributed by atoms with Crippen LogP contribution in [-0.2, 0) is 14.3 Å². The summed E-state index contributed by atoms with van der Waals surface area (Å²) in [6.07, 6.45) is -0.588. The summed E-state index contributed by atoms with van der Waals surface area (Å²) in [5, 5.41) is 11.4. The first-order valence-corrected chi connectivity index (χ1v) is 5.26. The van der Waals surface area contributed by atoms with E-state index in [1.54, 1.807) is 20.8 Å². The molecule has 2 N–H and O–H groups in total. The van der Waals surface area contributed by atoms with Crippen LogP contribution >= 0.6 is 0 Å². The molecule has 0 spiro atoms. The molecular formula is C10H16N2O5. The van der Waals surface area contributed by atoms with E-state index in [4.69, 9.17) is 9.94 Å². The van der Waals surface area contributed by atoms with Crippen molar-refractivity contribution in [2.45, 2.75) is 45.3 Å². The average Bonchev–Trinajstić information content (AvgIpc) is 2.16. The summed E-state index contributed by atoms with van der Waals surface area (Å²) in [5.74, 6) is -1.51. The quantitative estimate of drug-likeness (QED) is 0.514. The van der Waals surface area contributed by atoms with Gasteiger partial charge in [-0.05, 0) is 27.2 Å². The van der Waals surface area contributed by atoms with E-state index in [1.165, 1.54) is 0 Å². The Bertz CT molecular complexity index is 347. The molecule has 3 amide bonds. The minimum absolute atomic E-state index is 0.00268. The summed E-state index contributed by atoms with van der Waals surface area (Å²) < 4.78 is 4.96. The van der Waals surface area contributed by atoms with Crippen LogP contribution in [0.4, 0.5) is 4.79 Å². The summed E-state index contributed by atoms with van der Waals surface area (Å²) in [6, 6.07) is -0.924. The van der Waals surface area contributed by atoms with Crippen molar-refractivity contribution in [2.75, 3.05) is 0 Å². The molecule has 7 heteroatoms. The van der Waals surface area contributed by atoms with Crippen LogP contribution in [0.25, 0.3) is 0 Å². The Morgan fingerprint density at radius 3 is 2.59 bits per heavy atom. The van der Waals surface area contributed by atoms with Crippen molar-refractivity contribution in [1.82, 2.24) is 10.4 Å². The van der Waals surface area contributed by atoms with E-state index in [-0.39, 0.29) is 17.9 Å². The Hall–Kier alpha value is -1.63. The molecule has 17 heavy (non-hydrogen) atoms. The predicted octanol–water partition coefficient (Wildman–Crippen LogP) is 0.418. The van der Waals surface area contributed by atoms with Crippen LogP contribution in [0.15, 0.2) is 0 Å². The predicted molar refractivity (Wildman–Crippen MR) is 56.0 cm³/mol. The smallest absolute Gasteiger partial charge is 0.408 e. The van der Waals surface area contributed by atoms with Crippen molar-refractivity contribution in [3.63, 3.8) is 0 Å². The highest BCUT2D eigenvalue weighted by molar-refractivity contribution is 6.00. The normalized spacial score (nSPS) is 21.4. The van der Waals surface area contributed by atoms with Crippen LogP contribution in [0.3, 0.4) is 0 Å². The number of carbonyl (C=O) groups excluding carboxylic acids is 3. The Labute approximate surface area is 98.7 Å². The first kappa shape index (κ1) is 13.4. The van der Waals surface area contributed by atoms with E-state index in [0.717, 1.165) is 0 Å². The fourth-order valence-electron chi connectivity index (χ4n) is 1.35. The third-order valence-electron chi connectivity index (χ3n) is 2.08. The monoisotopic (exact) mass is 244 g/mol. The molecule has 1 fully saturated rings. The topological polar surface area (TPSA) is 95.9 Å². The number of ether oxygens (including phenoxy) is 1. The van der Waals surface area contributed by atoms with Crippen molar-refractivity contribution in [3.8, 4) is 0 Å². The second-order valence-electron chi connectivity index (χ2n) is 4.78. The van der Waals surface area contributed by atoms with Gasteiger partial charge in [0, 0.05) is 6.42 Å². The average molecular weight is 244 g/mol. The van der Waals surface area contributed by atoms with Crippen molar-refractivity contribution in [2.24, 2.45) is 0 Å². The molecule has 0 aromatic rings. The van der Waals surface area contributed by atoms with Crippen LogP contribution in [0.1, 0.15) is 33.6 Å². The van der Waals surface area contributed by atoms with Gasteiger partial charge in [-0.3, -0.25) is 14.8 Å². The van der Waals surface area contributed by atoms with Crippen molar-refractivity contribution < 1.29 is 24.3 Å². The number of hydroxylamine groups is 2. The van der Waals surface area contributed by atoms with E-state index < -0.39 is 29.6 Å². The number of nitrogens with one attached hydrogen (secondary N) is 1. The lowest BCUT2D eigenvalue weighted by Crippen LogP contribution is -2.53. The van der Waals surface area contributed by atoms with Gasteiger partial charge in [-0.25, -0.2) is 4.79 Å². The summed E-state index contributed by atoms with van der Waals surface area (Å²) in [7, 11) is 0. The molecule has 0 aromatic heterocycles.